The van der Waals surface area contributed by atoms with E-state index in [-0.39, 0.29) is 0 Å². The van der Waals surface area contributed by atoms with Crippen molar-refractivity contribution in [2.24, 2.45) is 0 Å². The molecule has 2 nitrogen and oxygen atoms in total. The summed E-state index contributed by atoms with van der Waals surface area (Å²) >= 11 is 11.5. The highest BCUT2D eigenvalue weighted by Crippen LogP contribution is 2.23. The van der Waals surface area contributed by atoms with Gasteiger partial charge in [-0.3, -0.25) is 4.98 Å². The molecule has 0 bridgehead atoms. The zero-order valence-electron chi connectivity index (χ0n) is 8.36. The molecule has 0 atom stereocenters. The maximum absolute atomic E-state index is 5.78. The van der Waals surface area contributed by atoms with Gasteiger partial charge in [0.1, 0.15) is 11.5 Å². The molecular weight excluding hydrogens is 245 g/mol. The Balaban J connectivity index is 2.16. The lowest BCUT2D eigenvalue weighted by Crippen LogP contribution is -1.87. The van der Waals surface area contributed by atoms with Gasteiger partial charge in [-0.2, -0.15) is 0 Å². The molecule has 82 valence electrons. The molecule has 16 heavy (non-hydrogen) atoms. The van der Waals surface area contributed by atoms with Crippen LogP contribution in [0.15, 0.2) is 42.7 Å². The predicted molar refractivity (Wildman–Crippen MR) is 65.3 cm³/mol. The van der Waals surface area contributed by atoms with Crippen molar-refractivity contribution >= 4 is 23.2 Å². The van der Waals surface area contributed by atoms with E-state index in [1.807, 2.05) is 6.07 Å². The minimum atomic E-state index is 0.421. The fourth-order valence-corrected chi connectivity index (χ4v) is 1.50. The van der Waals surface area contributed by atoms with Crippen LogP contribution >= 0.6 is 23.2 Å². The Morgan fingerprint density at radius 2 is 1.81 bits per heavy atom. The van der Waals surface area contributed by atoms with Gasteiger partial charge < -0.3 is 4.74 Å². The van der Waals surface area contributed by atoms with Gasteiger partial charge in [0.25, 0.3) is 0 Å². The Morgan fingerprint density at radius 1 is 1.06 bits per heavy atom. The van der Waals surface area contributed by atoms with Crippen LogP contribution < -0.4 is 4.74 Å². The van der Waals surface area contributed by atoms with E-state index in [1.165, 1.54) is 0 Å². The number of nitrogens with zero attached hydrogens (tertiary/aromatic N) is 1. The first kappa shape index (κ1) is 11.2. The van der Waals surface area contributed by atoms with E-state index in [2.05, 4.69) is 4.98 Å². The zero-order valence-corrected chi connectivity index (χ0v) is 9.87. The van der Waals surface area contributed by atoms with Crippen LogP contribution in [-0.2, 0) is 5.88 Å². The first-order valence-corrected chi connectivity index (χ1v) is 5.62. The smallest absolute Gasteiger partial charge is 0.146 e. The summed E-state index contributed by atoms with van der Waals surface area (Å²) < 4.78 is 5.60. The summed E-state index contributed by atoms with van der Waals surface area (Å²) in [4.78, 5) is 4.03. The third-order valence-corrected chi connectivity index (χ3v) is 2.53. The molecule has 0 radical (unpaired) electrons. The summed E-state index contributed by atoms with van der Waals surface area (Å²) in [5, 5.41) is 0.681. The zero-order chi connectivity index (χ0) is 11.4. The van der Waals surface area contributed by atoms with Crippen molar-refractivity contribution in [2.75, 3.05) is 0 Å². The van der Waals surface area contributed by atoms with Crippen LogP contribution in [0, 0.1) is 0 Å². The summed E-state index contributed by atoms with van der Waals surface area (Å²) in [7, 11) is 0. The van der Waals surface area contributed by atoms with Gasteiger partial charge in [0.2, 0.25) is 0 Å². The van der Waals surface area contributed by atoms with Crippen LogP contribution in [-0.4, -0.2) is 4.98 Å². The number of pyridine rings is 1. The van der Waals surface area contributed by atoms with E-state index >= 15 is 0 Å². The number of halogens is 2. The van der Waals surface area contributed by atoms with Crippen LogP contribution in [0.3, 0.4) is 0 Å². The predicted octanol–water partition coefficient (Wildman–Crippen LogP) is 4.27. The second kappa shape index (κ2) is 5.19. The average Bonchev–Trinajstić information content (AvgIpc) is 2.32. The molecule has 0 unspecified atom stereocenters. The summed E-state index contributed by atoms with van der Waals surface area (Å²) in [6.45, 7) is 0. The molecule has 1 heterocycles. The van der Waals surface area contributed by atoms with Gasteiger partial charge in [0.05, 0.1) is 6.20 Å². The maximum Gasteiger partial charge on any atom is 0.146 e. The summed E-state index contributed by atoms with van der Waals surface area (Å²) in [5.41, 5.74) is 0.924. The van der Waals surface area contributed by atoms with Crippen LogP contribution in [0.1, 0.15) is 5.56 Å². The number of hydrogen-bond acceptors (Lipinski definition) is 2. The van der Waals surface area contributed by atoms with Gasteiger partial charge in [0.15, 0.2) is 0 Å². The summed E-state index contributed by atoms with van der Waals surface area (Å²) in [6, 6.07) is 9.01. The molecule has 2 rings (SSSR count). The van der Waals surface area contributed by atoms with Crippen molar-refractivity contribution in [1.29, 1.82) is 0 Å². The number of benzene rings is 1. The third-order valence-electron chi connectivity index (χ3n) is 1.97. The summed E-state index contributed by atoms with van der Waals surface area (Å²) in [5.74, 6) is 1.81. The molecule has 1 aromatic heterocycles. The Bertz CT molecular complexity index is 471. The second-order valence-corrected chi connectivity index (χ2v) is 3.92. The minimum absolute atomic E-state index is 0.421. The van der Waals surface area contributed by atoms with Gasteiger partial charge in [-0.05, 0) is 35.9 Å². The fraction of sp³-hybridized carbons (Fsp3) is 0.0833. The number of alkyl halides is 1. The Kier molecular flexibility index (Phi) is 3.65. The second-order valence-electron chi connectivity index (χ2n) is 3.22. The lowest BCUT2D eigenvalue weighted by Gasteiger charge is -2.05. The Labute approximate surface area is 104 Å². The fourth-order valence-electron chi connectivity index (χ4n) is 1.23. The molecule has 0 aliphatic carbocycles. The number of aromatic nitrogens is 1. The maximum atomic E-state index is 5.78. The number of ether oxygens (including phenoxy) is 1. The van der Waals surface area contributed by atoms with Crippen LogP contribution in [0.2, 0.25) is 5.02 Å². The molecular formula is C12H9Cl2NO. The van der Waals surface area contributed by atoms with Crippen molar-refractivity contribution in [3.05, 3.63) is 53.3 Å². The monoisotopic (exact) mass is 253 g/mol. The first-order valence-electron chi connectivity index (χ1n) is 4.71. The van der Waals surface area contributed by atoms with E-state index in [1.54, 1.807) is 36.7 Å². The molecule has 1 aromatic carbocycles. The average molecular weight is 254 g/mol. The standard InChI is InChI=1S/C12H9Cl2NO/c13-6-9-5-12(8-15-7-9)16-11-3-1-10(14)2-4-11/h1-5,7-8H,6H2. The highest BCUT2D eigenvalue weighted by molar-refractivity contribution is 6.30. The number of hydrogen-bond donors (Lipinski definition) is 0. The molecule has 0 N–H and O–H groups in total. The van der Waals surface area contributed by atoms with E-state index in [9.17, 15) is 0 Å². The van der Waals surface area contributed by atoms with Gasteiger partial charge in [-0.25, -0.2) is 0 Å². The highest BCUT2D eigenvalue weighted by atomic mass is 35.5. The van der Waals surface area contributed by atoms with Gasteiger partial charge in [-0.15, -0.1) is 11.6 Å². The lowest BCUT2D eigenvalue weighted by molar-refractivity contribution is 0.480. The van der Waals surface area contributed by atoms with E-state index in [4.69, 9.17) is 27.9 Å². The topological polar surface area (TPSA) is 22.1 Å². The van der Waals surface area contributed by atoms with Gasteiger partial charge in [0, 0.05) is 17.1 Å². The molecule has 0 aliphatic rings. The molecule has 0 fully saturated rings. The Hall–Kier alpha value is -1.25. The van der Waals surface area contributed by atoms with Crippen LogP contribution in [0.25, 0.3) is 0 Å². The molecule has 0 amide bonds. The minimum Gasteiger partial charge on any atom is -0.456 e. The molecule has 4 heteroatoms. The third kappa shape index (κ3) is 2.87. The quantitative estimate of drug-likeness (QED) is 0.763. The van der Waals surface area contributed by atoms with Crippen molar-refractivity contribution in [1.82, 2.24) is 4.98 Å². The van der Waals surface area contributed by atoms with Crippen molar-refractivity contribution in [2.45, 2.75) is 5.88 Å². The van der Waals surface area contributed by atoms with Crippen LogP contribution in [0.5, 0.6) is 11.5 Å². The largest absolute Gasteiger partial charge is 0.456 e. The summed E-state index contributed by atoms with van der Waals surface area (Å²) in [6.07, 6.45) is 3.35. The SMILES string of the molecule is ClCc1cncc(Oc2ccc(Cl)cc2)c1. The number of rotatable bonds is 3. The van der Waals surface area contributed by atoms with E-state index in [0.717, 1.165) is 11.3 Å². The normalized spacial score (nSPS) is 10.1. The van der Waals surface area contributed by atoms with E-state index in [0.29, 0.717) is 16.7 Å². The van der Waals surface area contributed by atoms with Crippen molar-refractivity contribution < 1.29 is 4.74 Å². The molecule has 0 aliphatic heterocycles. The molecule has 0 saturated heterocycles. The highest BCUT2D eigenvalue weighted by Gasteiger charge is 1.99. The van der Waals surface area contributed by atoms with Gasteiger partial charge >= 0.3 is 0 Å². The Morgan fingerprint density at radius 3 is 2.50 bits per heavy atom. The van der Waals surface area contributed by atoms with Crippen molar-refractivity contribution in [3.63, 3.8) is 0 Å². The lowest BCUT2D eigenvalue weighted by atomic mass is 10.3. The molecule has 0 saturated carbocycles. The van der Waals surface area contributed by atoms with Gasteiger partial charge in [-0.1, -0.05) is 11.6 Å². The van der Waals surface area contributed by atoms with E-state index < -0.39 is 0 Å². The van der Waals surface area contributed by atoms with Crippen LogP contribution in [0.4, 0.5) is 0 Å². The van der Waals surface area contributed by atoms with Crippen molar-refractivity contribution in [3.8, 4) is 11.5 Å². The first-order chi connectivity index (χ1) is 7.78. The molecule has 2 aromatic rings. The molecule has 0 spiro atoms.